The zero-order valence-electron chi connectivity index (χ0n) is 11.0. The van der Waals surface area contributed by atoms with Crippen molar-refractivity contribution < 1.29 is 9.53 Å². The molecule has 0 aliphatic rings. The van der Waals surface area contributed by atoms with E-state index in [1.165, 1.54) is 34.2 Å². The number of hydrogen-bond acceptors (Lipinski definition) is 7. The first-order valence-electron chi connectivity index (χ1n) is 6.05. The zero-order chi connectivity index (χ0) is 14.8. The van der Waals surface area contributed by atoms with Crippen molar-refractivity contribution in [3.05, 3.63) is 57.5 Å². The summed E-state index contributed by atoms with van der Waals surface area (Å²) in [4.78, 5) is 36.3. The minimum absolute atomic E-state index is 0.0853. The molecular formula is C13H10N4O3S. The Kier molecular flexibility index (Phi) is 3.44. The number of thiazole rings is 1. The van der Waals surface area contributed by atoms with Gasteiger partial charge in [-0.1, -0.05) is 0 Å². The van der Waals surface area contributed by atoms with Crippen LogP contribution < -0.4 is 5.56 Å². The van der Waals surface area contributed by atoms with Gasteiger partial charge in [0.1, 0.15) is 6.61 Å². The predicted octanol–water partition coefficient (Wildman–Crippen LogP) is 1.21. The number of nitrogens with zero attached hydrogens (tertiary/aromatic N) is 4. The third-order valence-corrected chi connectivity index (χ3v) is 3.45. The van der Waals surface area contributed by atoms with Crippen LogP contribution >= 0.6 is 11.3 Å². The molecule has 0 spiro atoms. The van der Waals surface area contributed by atoms with Gasteiger partial charge < -0.3 is 4.74 Å². The fourth-order valence-electron chi connectivity index (χ4n) is 1.67. The lowest BCUT2D eigenvalue weighted by Crippen LogP contribution is -2.15. The highest BCUT2D eigenvalue weighted by Gasteiger charge is 2.11. The molecule has 0 saturated carbocycles. The molecule has 0 bridgehead atoms. The third kappa shape index (κ3) is 2.79. The van der Waals surface area contributed by atoms with Gasteiger partial charge in [-0.3, -0.25) is 14.2 Å². The van der Waals surface area contributed by atoms with Crippen LogP contribution in [0.1, 0.15) is 21.9 Å². The highest BCUT2D eigenvalue weighted by Crippen LogP contribution is 2.08. The van der Waals surface area contributed by atoms with Crippen LogP contribution in [0.15, 0.2) is 34.8 Å². The summed E-state index contributed by atoms with van der Waals surface area (Å²) in [5.74, 6) is -0.601. The van der Waals surface area contributed by atoms with Crippen molar-refractivity contribution in [1.82, 2.24) is 19.4 Å². The monoisotopic (exact) mass is 302 g/mol. The molecule has 0 aliphatic heterocycles. The van der Waals surface area contributed by atoms with E-state index in [0.29, 0.717) is 16.3 Å². The van der Waals surface area contributed by atoms with Gasteiger partial charge in [0.2, 0.25) is 0 Å². The molecule has 0 atom stereocenters. The van der Waals surface area contributed by atoms with Crippen LogP contribution in [0, 0.1) is 6.92 Å². The maximum Gasteiger partial charge on any atom is 0.358 e. The van der Waals surface area contributed by atoms with Crippen molar-refractivity contribution in [1.29, 1.82) is 0 Å². The molecular weight excluding hydrogens is 292 g/mol. The Bertz CT molecular complexity index is 854. The Balaban J connectivity index is 1.75. The molecule has 0 aromatic carbocycles. The maximum absolute atomic E-state index is 11.8. The molecule has 3 aromatic heterocycles. The summed E-state index contributed by atoms with van der Waals surface area (Å²) in [6.45, 7) is 1.69. The average Bonchev–Trinajstić information content (AvgIpc) is 2.94. The summed E-state index contributed by atoms with van der Waals surface area (Å²) in [5, 5.41) is 1.77. The second-order valence-electron chi connectivity index (χ2n) is 4.26. The van der Waals surface area contributed by atoms with Gasteiger partial charge in [0.15, 0.2) is 10.7 Å². The Morgan fingerprint density at radius 2 is 2.24 bits per heavy atom. The molecule has 3 rings (SSSR count). The molecule has 3 heterocycles. The fraction of sp³-hybridized carbons (Fsp3) is 0.154. The maximum atomic E-state index is 11.8. The molecule has 0 aliphatic carbocycles. The molecule has 21 heavy (non-hydrogen) atoms. The van der Waals surface area contributed by atoms with Crippen LogP contribution in [0.4, 0.5) is 0 Å². The zero-order valence-corrected chi connectivity index (χ0v) is 11.8. The van der Waals surface area contributed by atoms with E-state index in [2.05, 4.69) is 15.0 Å². The molecule has 0 saturated heterocycles. The number of carbonyl (C=O) groups excluding carboxylic acids is 1. The van der Waals surface area contributed by atoms with E-state index in [1.54, 1.807) is 18.5 Å². The van der Waals surface area contributed by atoms with E-state index in [9.17, 15) is 9.59 Å². The van der Waals surface area contributed by atoms with E-state index < -0.39 is 5.97 Å². The van der Waals surface area contributed by atoms with Crippen LogP contribution in [-0.2, 0) is 11.3 Å². The van der Waals surface area contributed by atoms with Gasteiger partial charge >= 0.3 is 5.97 Å². The summed E-state index contributed by atoms with van der Waals surface area (Å²) >= 11 is 1.34. The number of esters is 1. The quantitative estimate of drug-likeness (QED) is 0.676. The number of fused-ring (bicyclic) bond motifs is 1. The predicted molar refractivity (Wildman–Crippen MR) is 75.2 cm³/mol. The SMILES string of the molecule is Cc1cnc(C(=O)OCc2cc(=O)n3ccsc3n2)cn1. The molecule has 0 radical (unpaired) electrons. The molecule has 0 unspecified atom stereocenters. The summed E-state index contributed by atoms with van der Waals surface area (Å²) in [6.07, 6.45) is 4.48. The normalized spacial score (nSPS) is 10.7. The van der Waals surface area contributed by atoms with Gasteiger partial charge in [-0.25, -0.2) is 14.8 Å². The number of carbonyl (C=O) groups is 1. The second kappa shape index (κ2) is 5.41. The van der Waals surface area contributed by atoms with E-state index >= 15 is 0 Å². The summed E-state index contributed by atoms with van der Waals surface area (Å²) in [7, 11) is 0. The van der Waals surface area contributed by atoms with Crippen LogP contribution in [-0.4, -0.2) is 25.3 Å². The highest BCUT2D eigenvalue weighted by atomic mass is 32.1. The number of hydrogen-bond donors (Lipinski definition) is 0. The molecule has 0 N–H and O–H groups in total. The topological polar surface area (TPSA) is 86.5 Å². The Hall–Kier alpha value is -2.61. The standard InChI is InChI=1S/C13H10N4O3S/c1-8-5-15-10(6-14-8)12(19)20-7-9-4-11(18)17-2-3-21-13(17)16-9/h2-6H,7H2,1H3. The van der Waals surface area contributed by atoms with Gasteiger partial charge in [-0.05, 0) is 6.92 Å². The number of ether oxygens (including phenoxy) is 1. The Morgan fingerprint density at radius 1 is 1.38 bits per heavy atom. The molecule has 8 heteroatoms. The molecule has 3 aromatic rings. The lowest BCUT2D eigenvalue weighted by Gasteiger charge is -2.04. The van der Waals surface area contributed by atoms with Gasteiger partial charge in [0.05, 0.1) is 17.6 Å². The van der Waals surface area contributed by atoms with E-state index in [-0.39, 0.29) is 17.9 Å². The number of rotatable bonds is 3. The smallest absolute Gasteiger partial charge is 0.358 e. The average molecular weight is 302 g/mol. The summed E-state index contributed by atoms with van der Waals surface area (Å²) in [6, 6.07) is 1.34. The van der Waals surface area contributed by atoms with Gasteiger partial charge in [0.25, 0.3) is 5.56 Å². The van der Waals surface area contributed by atoms with E-state index in [1.807, 2.05) is 0 Å². The largest absolute Gasteiger partial charge is 0.454 e. The van der Waals surface area contributed by atoms with Crippen LogP contribution in [0.3, 0.4) is 0 Å². The molecule has 0 fully saturated rings. The molecule has 106 valence electrons. The first kappa shape index (κ1) is 13.4. The summed E-state index contributed by atoms with van der Waals surface area (Å²) < 4.78 is 6.52. The van der Waals surface area contributed by atoms with Crippen LogP contribution in [0.5, 0.6) is 0 Å². The van der Waals surface area contributed by atoms with Crippen molar-refractivity contribution in [3.8, 4) is 0 Å². The Morgan fingerprint density at radius 3 is 3.00 bits per heavy atom. The van der Waals surface area contributed by atoms with Crippen molar-refractivity contribution in [3.63, 3.8) is 0 Å². The lowest BCUT2D eigenvalue weighted by atomic mass is 10.4. The highest BCUT2D eigenvalue weighted by molar-refractivity contribution is 7.15. The van der Waals surface area contributed by atoms with Crippen LogP contribution in [0.2, 0.25) is 0 Å². The van der Waals surface area contributed by atoms with Crippen molar-refractivity contribution >= 4 is 22.3 Å². The third-order valence-electron chi connectivity index (χ3n) is 2.70. The van der Waals surface area contributed by atoms with Gasteiger partial charge in [-0.15, -0.1) is 11.3 Å². The first-order chi connectivity index (χ1) is 10.1. The van der Waals surface area contributed by atoms with E-state index in [4.69, 9.17) is 4.74 Å². The number of aryl methyl sites for hydroxylation is 1. The van der Waals surface area contributed by atoms with Crippen LogP contribution in [0.25, 0.3) is 4.96 Å². The minimum Gasteiger partial charge on any atom is -0.454 e. The first-order valence-corrected chi connectivity index (χ1v) is 6.93. The fourth-order valence-corrected chi connectivity index (χ4v) is 2.41. The Labute approximate surface area is 122 Å². The number of aromatic nitrogens is 4. The van der Waals surface area contributed by atoms with Gasteiger partial charge in [0, 0.05) is 23.8 Å². The molecule has 0 amide bonds. The molecule has 7 nitrogen and oxygen atoms in total. The van der Waals surface area contributed by atoms with Crippen molar-refractivity contribution in [2.75, 3.05) is 0 Å². The van der Waals surface area contributed by atoms with E-state index in [0.717, 1.165) is 0 Å². The van der Waals surface area contributed by atoms with Crippen molar-refractivity contribution in [2.45, 2.75) is 13.5 Å². The second-order valence-corrected chi connectivity index (χ2v) is 5.13. The van der Waals surface area contributed by atoms with Gasteiger partial charge in [-0.2, -0.15) is 0 Å². The summed E-state index contributed by atoms with van der Waals surface area (Å²) in [5.41, 5.74) is 1.03. The minimum atomic E-state index is -0.601. The lowest BCUT2D eigenvalue weighted by molar-refractivity contribution is 0.0460. The van der Waals surface area contributed by atoms with Crippen molar-refractivity contribution in [2.24, 2.45) is 0 Å².